The molecular formula is C25H32FN5O2. The molecule has 0 bridgehead atoms. The normalized spacial score (nSPS) is 11.1. The fraction of sp³-hybridized carbons (Fsp3) is 0.400. The molecule has 0 atom stereocenters. The number of hydrogen-bond acceptors (Lipinski definition) is 6. The molecule has 1 heterocycles. The van der Waals surface area contributed by atoms with E-state index in [1.807, 2.05) is 19.1 Å². The predicted octanol–water partition coefficient (Wildman–Crippen LogP) is 5.22. The second kappa shape index (κ2) is 12.1. The number of rotatable bonds is 12. The first-order valence-electron chi connectivity index (χ1n) is 11.5. The number of aromatic nitrogens is 2. The summed E-state index contributed by atoms with van der Waals surface area (Å²) in [5.74, 6) is -0.626. The van der Waals surface area contributed by atoms with Crippen LogP contribution in [0.3, 0.4) is 0 Å². The molecule has 176 valence electrons. The number of anilines is 2. The molecule has 0 aliphatic carbocycles. The molecule has 1 aromatic heterocycles. The van der Waals surface area contributed by atoms with Gasteiger partial charge in [0.25, 0.3) is 5.91 Å². The van der Waals surface area contributed by atoms with Gasteiger partial charge in [-0.2, -0.15) is 0 Å². The van der Waals surface area contributed by atoms with Gasteiger partial charge in [-0.25, -0.2) is 4.39 Å². The maximum Gasteiger partial charge on any atom is 0.315 e. The minimum atomic E-state index is -0.554. The van der Waals surface area contributed by atoms with Crippen molar-refractivity contribution in [3.63, 3.8) is 0 Å². The molecular weight excluding hydrogens is 421 g/mol. The van der Waals surface area contributed by atoms with Crippen LogP contribution in [-0.4, -0.2) is 47.2 Å². The van der Waals surface area contributed by atoms with Crippen LogP contribution in [0.2, 0.25) is 0 Å². The number of hydrogen-bond donors (Lipinski definition) is 2. The molecule has 0 saturated carbocycles. The lowest BCUT2D eigenvalue weighted by atomic mass is 10.0. The van der Waals surface area contributed by atoms with Gasteiger partial charge in [0, 0.05) is 17.8 Å². The van der Waals surface area contributed by atoms with E-state index < -0.39 is 11.7 Å². The Hall–Kier alpha value is -3.26. The summed E-state index contributed by atoms with van der Waals surface area (Å²) in [6.07, 6.45) is 2.83. The van der Waals surface area contributed by atoms with E-state index in [2.05, 4.69) is 39.6 Å². The first-order chi connectivity index (χ1) is 16.0. The summed E-state index contributed by atoms with van der Waals surface area (Å²) in [7, 11) is 0. The Balaban J connectivity index is 1.60. The van der Waals surface area contributed by atoms with Crippen molar-refractivity contribution in [2.45, 2.75) is 40.0 Å². The number of carbonyl (C=O) groups is 1. The van der Waals surface area contributed by atoms with Gasteiger partial charge >= 0.3 is 6.01 Å². The Labute approximate surface area is 194 Å². The van der Waals surface area contributed by atoms with Crippen LogP contribution in [0.1, 0.15) is 49.5 Å². The van der Waals surface area contributed by atoms with Crippen LogP contribution in [0.15, 0.2) is 46.9 Å². The van der Waals surface area contributed by atoms with Crippen molar-refractivity contribution < 1.29 is 13.6 Å². The van der Waals surface area contributed by atoms with E-state index in [1.54, 1.807) is 18.2 Å². The van der Waals surface area contributed by atoms with Gasteiger partial charge in [0.05, 0.1) is 5.56 Å². The fourth-order valence-corrected chi connectivity index (χ4v) is 3.62. The molecule has 2 N–H and O–H groups in total. The van der Waals surface area contributed by atoms with Crippen LogP contribution in [0.25, 0.3) is 11.5 Å². The fourth-order valence-electron chi connectivity index (χ4n) is 3.62. The van der Waals surface area contributed by atoms with E-state index in [9.17, 15) is 9.18 Å². The number of carbonyl (C=O) groups excluding carboxylic acids is 1. The zero-order valence-corrected chi connectivity index (χ0v) is 19.5. The standard InChI is InChI=1S/C25H32FN5O2/c1-4-18-17-19(28-23(32)21-11-7-8-12-22(21)26)13-14-20(18)24-29-30-25(33-24)27-15-9-10-16-31(5-2)6-3/h7-8,11-14,17H,4-6,9-10,15-16H2,1-3H3,(H,27,30)(H,28,32). The van der Waals surface area contributed by atoms with Gasteiger partial charge < -0.3 is 20.0 Å². The van der Waals surface area contributed by atoms with Crippen molar-refractivity contribution in [3.8, 4) is 11.5 Å². The van der Waals surface area contributed by atoms with Crippen molar-refractivity contribution in [1.29, 1.82) is 0 Å². The van der Waals surface area contributed by atoms with Gasteiger partial charge in [-0.15, -0.1) is 5.10 Å². The van der Waals surface area contributed by atoms with E-state index in [-0.39, 0.29) is 5.56 Å². The number of benzene rings is 2. The third-order valence-corrected chi connectivity index (χ3v) is 5.59. The lowest BCUT2D eigenvalue weighted by molar-refractivity contribution is 0.102. The third-order valence-electron chi connectivity index (χ3n) is 5.59. The summed E-state index contributed by atoms with van der Waals surface area (Å²) in [5.41, 5.74) is 2.33. The molecule has 2 aromatic carbocycles. The Morgan fingerprint density at radius 2 is 1.85 bits per heavy atom. The molecule has 3 rings (SSSR count). The van der Waals surface area contributed by atoms with Crippen molar-refractivity contribution in [3.05, 3.63) is 59.4 Å². The Morgan fingerprint density at radius 3 is 2.58 bits per heavy atom. The summed E-state index contributed by atoms with van der Waals surface area (Å²) in [5, 5.41) is 14.2. The van der Waals surface area contributed by atoms with Crippen molar-refractivity contribution in [2.75, 3.05) is 36.8 Å². The molecule has 0 aliphatic rings. The number of amides is 1. The van der Waals surface area contributed by atoms with Crippen LogP contribution in [0, 0.1) is 5.82 Å². The van der Waals surface area contributed by atoms with Gasteiger partial charge in [-0.05, 0) is 74.8 Å². The lowest BCUT2D eigenvalue weighted by Gasteiger charge is -2.17. The molecule has 0 radical (unpaired) electrons. The Morgan fingerprint density at radius 1 is 1.06 bits per heavy atom. The summed E-state index contributed by atoms with van der Waals surface area (Å²) >= 11 is 0. The van der Waals surface area contributed by atoms with E-state index >= 15 is 0 Å². The molecule has 1 amide bonds. The van der Waals surface area contributed by atoms with Gasteiger partial charge in [-0.1, -0.05) is 38.0 Å². The van der Waals surface area contributed by atoms with E-state index in [4.69, 9.17) is 4.42 Å². The highest BCUT2D eigenvalue weighted by molar-refractivity contribution is 6.04. The number of nitrogens with one attached hydrogen (secondary N) is 2. The SMILES string of the molecule is CCc1cc(NC(=O)c2ccccc2F)ccc1-c1nnc(NCCCCN(CC)CC)o1. The molecule has 33 heavy (non-hydrogen) atoms. The van der Waals surface area contributed by atoms with E-state index in [0.717, 1.165) is 50.1 Å². The first kappa shape index (κ1) is 24.4. The Kier molecular flexibility index (Phi) is 8.95. The number of unbranched alkanes of at least 4 members (excludes halogenated alkanes) is 1. The van der Waals surface area contributed by atoms with Gasteiger partial charge in [0.15, 0.2) is 0 Å². The van der Waals surface area contributed by atoms with Crippen LogP contribution in [0.5, 0.6) is 0 Å². The maximum atomic E-state index is 13.9. The van der Waals surface area contributed by atoms with Crippen LogP contribution in [0.4, 0.5) is 16.1 Å². The highest BCUT2D eigenvalue weighted by Gasteiger charge is 2.15. The van der Waals surface area contributed by atoms with Crippen LogP contribution < -0.4 is 10.6 Å². The molecule has 3 aromatic rings. The molecule has 7 nitrogen and oxygen atoms in total. The van der Waals surface area contributed by atoms with Crippen LogP contribution in [-0.2, 0) is 6.42 Å². The summed E-state index contributed by atoms with van der Waals surface area (Å²) in [6, 6.07) is 11.7. The molecule has 0 aliphatic heterocycles. The maximum absolute atomic E-state index is 13.9. The molecule has 0 unspecified atom stereocenters. The minimum absolute atomic E-state index is 0.00402. The van der Waals surface area contributed by atoms with Crippen molar-refractivity contribution in [2.24, 2.45) is 0 Å². The lowest BCUT2D eigenvalue weighted by Crippen LogP contribution is -2.24. The van der Waals surface area contributed by atoms with Crippen molar-refractivity contribution >= 4 is 17.6 Å². The predicted molar refractivity (Wildman–Crippen MR) is 129 cm³/mol. The van der Waals surface area contributed by atoms with Gasteiger partial charge in [0.2, 0.25) is 5.89 Å². The zero-order valence-electron chi connectivity index (χ0n) is 19.5. The monoisotopic (exact) mass is 453 g/mol. The van der Waals surface area contributed by atoms with E-state index in [0.29, 0.717) is 24.0 Å². The summed E-state index contributed by atoms with van der Waals surface area (Å²) in [6.45, 7) is 10.4. The first-order valence-corrected chi connectivity index (χ1v) is 11.5. The highest BCUT2D eigenvalue weighted by atomic mass is 19.1. The molecule has 8 heteroatoms. The highest BCUT2D eigenvalue weighted by Crippen LogP contribution is 2.27. The second-order valence-corrected chi connectivity index (χ2v) is 7.73. The topological polar surface area (TPSA) is 83.3 Å². The van der Waals surface area contributed by atoms with Gasteiger partial charge in [0.1, 0.15) is 5.82 Å². The summed E-state index contributed by atoms with van der Waals surface area (Å²) in [4.78, 5) is 14.8. The molecule has 0 fully saturated rings. The molecule has 0 saturated heterocycles. The number of halogens is 1. The number of nitrogens with zero attached hydrogens (tertiary/aromatic N) is 3. The average Bonchev–Trinajstić information content (AvgIpc) is 3.30. The average molecular weight is 454 g/mol. The zero-order chi connectivity index (χ0) is 23.6. The third kappa shape index (κ3) is 6.61. The van der Waals surface area contributed by atoms with E-state index in [1.165, 1.54) is 12.1 Å². The summed E-state index contributed by atoms with van der Waals surface area (Å²) < 4.78 is 19.7. The second-order valence-electron chi connectivity index (χ2n) is 7.73. The van der Waals surface area contributed by atoms with Gasteiger partial charge in [-0.3, -0.25) is 4.79 Å². The Bertz CT molecular complexity index is 1050. The molecule has 0 spiro atoms. The minimum Gasteiger partial charge on any atom is -0.403 e. The van der Waals surface area contributed by atoms with Crippen molar-refractivity contribution in [1.82, 2.24) is 15.1 Å². The quantitative estimate of drug-likeness (QED) is 0.366. The number of aryl methyl sites for hydroxylation is 1. The van der Waals surface area contributed by atoms with Crippen LogP contribution >= 0.6 is 0 Å². The smallest absolute Gasteiger partial charge is 0.315 e. The largest absolute Gasteiger partial charge is 0.403 e.